The monoisotopic (exact) mass is 378 g/mol. The van der Waals surface area contributed by atoms with E-state index in [1.54, 1.807) is 41.8 Å². The lowest BCUT2D eigenvalue weighted by molar-refractivity contribution is 0.0623. The molecule has 2 unspecified atom stereocenters. The highest BCUT2D eigenvalue weighted by Gasteiger charge is 2.26. The number of hydrogen-bond acceptors (Lipinski definition) is 4. The molecule has 0 aliphatic carbocycles. The van der Waals surface area contributed by atoms with Gasteiger partial charge in [0.1, 0.15) is 4.21 Å². The summed E-state index contributed by atoms with van der Waals surface area (Å²) in [4.78, 5) is 14.6. The molecule has 3 rings (SSSR count). The second kappa shape index (κ2) is 7.17. The average molecular weight is 379 g/mol. The lowest BCUT2D eigenvalue weighted by atomic mass is 9.91. The van der Waals surface area contributed by atoms with Gasteiger partial charge in [0, 0.05) is 24.3 Å². The first kappa shape index (κ1) is 17.9. The van der Waals surface area contributed by atoms with Crippen LogP contribution in [0.15, 0.2) is 46.0 Å². The van der Waals surface area contributed by atoms with E-state index in [2.05, 4.69) is 18.6 Å². The summed E-state index contributed by atoms with van der Waals surface area (Å²) in [7, 11) is -3.56. The molecule has 1 N–H and O–H groups in total. The summed E-state index contributed by atoms with van der Waals surface area (Å²) in [6.45, 7) is 5.88. The zero-order chi connectivity index (χ0) is 18.0. The third-order valence-electron chi connectivity index (χ3n) is 4.30. The Bertz CT molecular complexity index is 820. The number of thiophene rings is 1. The molecule has 0 radical (unpaired) electrons. The summed E-state index contributed by atoms with van der Waals surface area (Å²) in [6, 6.07) is 9.88. The number of hydrogen-bond donors (Lipinski definition) is 1. The molecule has 0 saturated carbocycles. The van der Waals surface area contributed by atoms with E-state index >= 15 is 0 Å². The van der Waals surface area contributed by atoms with Crippen molar-refractivity contribution in [3.05, 3.63) is 47.3 Å². The predicted molar refractivity (Wildman–Crippen MR) is 100 cm³/mol. The van der Waals surface area contributed by atoms with Crippen LogP contribution in [0.25, 0.3) is 0 Å². The lowest BCUT2D eigenvalue weighted by Gasteiger charge is -2.35. The molecule has 134 valence electrons. The quantitative estimate of drug-likeness (QED) is 0.883. The normalized spacial score (nSPS) is 21.1. The van der Waals surface area contributed by atoms with E-state index < -0.39 is 10.0 Å². The minimum absolute atomic E-state index is 0.00561. The number of likely N-dealkylation sites (tertiary alicyclic amines) is 1. The number of anilines is 1. The number of nitrogens with zero attached hydrogens (tertiary/aromatic N) is 1. The molecule has 1 aliphatic rings. The van der Waals surface area contributed by atoms with Crippen LogP contribution in [0.2, 0.25) is 0 Å². The fourth-order valence-electron chi connectivity index (χ4n) is 3.31. The Morgan fingerprint density at radius 1 is 1.12 bits per heavy atom. The lowest BCUT2D eigenvalue weighted by Crippen LogP contribution is -2.42. The molecule has 2 heterocycles. The van der Waals surface area contributed by atoms with Gasteiger partial charge in [0.05, 0.1) is 0 Å². The third-order valence-corrected chi connectivity index (χ3v) is 7.08. The van der Waals surface area contributed by atoms with Gasteiger partial charge in [0.2, 0.25) is 0 Å². The summed E-state index contributed by atoms with van der Waals surface area (Å²) in [5, 5.41) is 1.72. The Labute approximate surface area is 152 Å². The summed E-state index contributed by atoms with van der Waals surface area (Å²) in [5.41, 5.74) is 1.03. The van der Waals surface area contributed by atoms with E-state index in [-0.39, 0.29) is 10.1 Å². The number of carbonyl (C=O) groups is 1. The highest BCUT2D eigenvalue weighted by molar-refractivity contribution is 7.94. The Morgan fingerprint density at radius 2 is 1.76 bits per heavy atom. The highest BCUT2D eigenvalue weighted by Crippen LogP contribution is 2.24. The van der Waals surface area contributed by atoms with Crippen molar-refractivity contribution in [1.29, 1.82) is 0 Å². The second-order valence-corrected chi connectivity index (χ2v) is 9.63. The van der Waals surface area contributed by atoms with Crippen LogP contribution in [-0.2, 0) is 10.0 Å². The molecule has 25 heavy (non-hydrogen) atoms. The molecule has 1 aromatic carbocycles. The number of benzene rings is 1. The number of carbonyl (C=O) groups excluding carboxylic acids is 1. The first-order valence-corrected chi connectivity index (χ1v) is 10.7. The molecule has 7 heteroatoms. The van der Waals surface area contributed by atoms with Crippen LogP contribution in [0.3, 0.4) is 0 Å². The highest BCUT2D eigenvalue weighted by atomic mass is 32.2. The van der Waals surface area contributed by atoms with E-state index in [1.807, 2.05) is 4.90 Å². The zero-order valence-electron chi connectivity index (χ0n) is 14.3. The molecular weight excluding hydrogens is 356 g/mol. The van der Waals surface area contributed by atoms with Crippen molar-refractivity contribution in [3.8, 4) is 0 Å². The molecule has 5 nitrogen and oxygen atoms in total. The van der Waals surface area contributed by atoms with Crippen molar-refractivity contribution in [2.45, 2.75) is 24.5 Å². The minimum Gasteiger partial charge on any atom is -0.338 e. The zero-order valence-corrected chi connectivity index (χ0v) is 15.9. The fraction of sp³-hybridized carbons (Fsp3) is 0.389. The summed E-state index contributed by atoms with van der Waals surface area (Å²) < 4.78 is 27.3. The molecule has 1 amide bonds. The van der Waals surface area contributed by atoms with Gasteiger partial charge in [-0.05, 0) is 54.0 Å². The van der Waals surface area contributed by atoms with Crippen LogP contribution in [0.5, 0.6) is 0 Å². The standard InChI is InChI=1S/C18H22N2O3S2/c1-13-10-14(2)12-20(11-13)18(21)15-5-7-16(8-6-15)19-25(22,23)17-4-3-9-24-17/h3-9,13-14,19H,10-12H2,1-2H3. The van der Waals surface area contributed by atoms with Crippen LogP contribution in [-0.4, -0.2) is 32.3 Å². The second-order valence-electron chi connectivity index (χ2n) is 6.77. The van der Waals surface area contributed by atoms with Crippen molar-refractivity contribution in [2.75, 3.05) is 17.8 Å². The van der Waals surface area contributed by atoms with Gasteiger partial charge < -0.3 is 4.90 Å². The molecule has 2 atom stereocenters. The van der Waals surface area contributed by atoms with Gasteiger partial charge in [0.15, 0.2) is 0 Å². The van der Waals surface area contributed by atoms with Crippen molar-refractivity contribution in [1.82, 2.24) is 4.90 Å². The topological polar surface area (TPSA) is 66.5 Å². The van der Waals surface area contributed by atoms with Crippen LogP contribution in [0.1, 0.15) is 30.6 Å². The number of piperidine rings is 1. The van der Waals surface area contributed by atoms with Crippen molar-refractivity contribution >= 4 is 33.0 Å². The predicted octanol–water partition coefficient (Wildman–Crippen LogP) is 3.67. The van der Waals surface area contributed by atoms with Gasteiger partial charge in [-0.25, -0.2) is 8.42 Å². The maximum atomic E-state index is 12.7. The number of amides is 1. The van der Waals surface area contributed by atoms with Gasteiger partial charge in [-0.3, -0.25) is 9.52 Å². The molecule has 0 spiro atoms. The molecule has 1 saturated heterocycles. The molecular formula is C18H22N2O3S2. The third kappa shape index (κ3) is 4.22. The first-order valence-electron chi connectivity index (χ1n) is 8.31. The molecule has 0 bridgehead atoms. The summed E-state index contributed by atoms with van der Waals surface area (Å²) in [6.07, 6.45) is 1.15. The Balaban J connectivity index is 1.71. The van der Waals surface area contributed by atoms with E-state index in [0.29, 0.717) is 23.1 Å². The van der Waals surface area contributed by atoms with Gasteiger partial charge in [-0.15, -0.1) is 11.3 Å². The van der Waals surface area contributed by atoms with Gasteiger partial charge in [-0.2, -0.15) is 0 Å². The Hall–Kier alpha value is -1.86. The SMILES string of the molecule is CC1CC(C)CN(C(=O)c2ccc(NS(=O)(=O)c3cccs3)cc2)C1. The maximum absolute atomic E-state index is 12.7. The summed E-state index contributed by atoms with van der Waals surface area (Å²) >= 11 is 1.17. The van der Waals surface area contributed by atoms with Gasteiger partial charge in [-0.1, -0.05) is 19.9 Å². The molecule has 1 fully saturated rings. The number of rotatable bonds is 4. The van der Waals surface area contributed by atoms with Gasteiger partial charge in [0.25, 0.3) is 15.9 Å². The Morgan fingerprint density at radius 3 is 2.32 bits per heavy atom. The molecule has 1 aromatic heterocycles. The average Bonchev–Trinajstić information content (AvgIpc) is 3.09. The van der Waals surface area contributed by atoms with Crippen LogP contribution in [0.4, 0.5) is 5.69 Å². The van der Waals surface area contributed by atoms with Crippen molar-refractivity contribution in [3.63, 3.8) is 0 Å². The fourth-order valence-corrected chi connectivity index (χ4v) is 5.37. The minimum atomic E-state index is -3.56. The van der Waals surface area contributed by atoms with Crippen LogP contribution >= 0.6 is 11.3 Å². The van der Waals surface area contributed by atoms with E-state index in [1.165, 1.54) is 11.3 Å². The van der Waals surface area contributed by atoms with E-state index in [4.69, 9.17) is 0 Å². The van der Waals surface area contributed by atoms with Crippen LogP contribution < -0.4 is 4.72 Å². The van der Waals surface area contributed by atoms with Crippen LogP contribution in [0, 0.1) is 11.8 Å². The maximum Gasteiger partial charge on any atom is 0.271 e. The van der Waals surface area contributed by atoms with E-state index in [0.717, 1.165) is 19.5 Å². The molecule has 2 aromatic rings. The van der Waals surface area contributed by atoms with Gasteiger partial charge >= 0.3 is 0 Å². The summed E-state index contributed by atoms with van der Waals surface area (Å²) in [5.74, 6) is 1.01. The first-order chi connectivity index (χ1) is 11.8. The van der Waals surface area contributed by atoms with Crippen molar-refractivity contribution in [2.24, 2.45) is 11.8 Å². The van der Waals surface area contributed by atoms with E-state index in [9.17, 15) is 13.2 Å². The Kier molecular flexibility index (Phi) is 5.15. The van der Waals surface area contributed by atoms with Crippen molar-refractivity contribution < 1.29 is 13.2 Å². The number of nitrogens with one attached hydrogen (secondary N) is 1. The largest absolute Gasteiger partial charge is 0.338 e. The number of sulfonamides is 1. The molecule has 1 aliphatic heterocycles. The smallest absolute Gasteiger partial charge is 0.271 e.